The number of aryl methyl sites for hydroxylation is 1. The van der Waals surface area contributed by atoms with Gasteiger partial charge in [-0.1, -0.05) is 47.1 Å². The highest BCUT2D eigenvalue weighted by Crippen LogP contribution is 2.24. The average Bonchev–Trinajstić information content (AvgIpc) is 2.88. The molecule has 0 aliphatic rings. The lowest BCUT2D eigenvalue weighted by molar-refractivity contribution is -0.127. The maximum absolute atomic E-state index is 13.1. The molecule has 8 nitrogen and oxygen atoms in total. The van der Waals surface area contributed by atoms with E-state index in [4.69, 9.17) is 15.2 Å². The minimum absolute atomic E-state index is 0. The van der Waals surface area contributed by atoms with Crippen LogP contribution in [0.2, 0.25) is 0 Å². The molecular weight excluding hydrogens is 530 g/mol. The summed E-state index contributed by atoms with van der Waals surface area (Å²) in [4.78, 5) is 25.8. The standard InChI is InChI=1S/C31H55N3O5.ClH/c1-8-9-14-33-31(37)26(22(4)5)19-28(35)27(32)18-24(21(2)3)20-34-30(36)25-13-12-23(6)17-29(25)39-16-11-10-15-38-7;/h12-13,17,21-22,24,26-28,35H,8-11,14-16,18-20,32H2,1-7H3,(H,33,37)(H,34,36);1H/t24-,26+,27+,28+;/m1./s1. The van der Waals surface area contributed by atoms with Crippen LogP contribution in [0.1, 0.15) is 89.1 Å². The lowest BCUT2D eigenvalue weighted by Crippen LogP contribution is -2.44. The Morgan fingerprint density at radius 3 is 2.27 bits per heavy atom. The van der Waals surface area contributed by atoms with Gasteiger partial charge in [0.25, 0.3) is 5.91 Å². The topological polar surface area (TPSA) is 123 Å². The smallest absolute Gasteiger partial charge is 0.255 e. The number of halogens is 1. The second kappa shape index (κ2) is 20.9. The van der Waals surface area contributed by atoms with Gasteiger partial charge in [0.05, 0.1) is 18.3 Å². The quantitative estimate of drug-likeness (QED) is 0.162. The number of carbonyl (C=O) groups is 2. The molecule has 0 saturated carbocycles. The fourth-order valence-corrected chi connectivity index (χ4v) is 4.52. The van der Waals surface area contributed by atoms with E-state index in [-0.39, 0.29) is 47.9 Å². The highest BCUT2D eigenvalue weighted by atomic mass is 35.5. The first-order valence-corrected chi connectivity index (χ1v) is 14.7. The maximum atomic E-state index is 13.1. The molecule has 40 heavy (non-hydrogen) atoms. The summed E-state index contributed by atoms with van der Waals surface area (Å²) < 4.78 is 11.0. The second-order valence-corrected chi connectivity index (χ2v) is 11.5. The molecule has 0 saturated heterocycles. The molecular formula is C31H56ClN3O5. The first-order valence-electron chi connectivity index (χ1n) is 14.7. The Balaban J connectivity index is 0.0000152. The Labute approximate surface area is 248 Å². The number of nitrogens with one attached hydrogen (secondary N) is 2. The van der Waals surface area contributed by atoms with Crippen molar-refractivity contribution in [2.45, 2.75) is 92.2 Å². The van der Waals surface area contributed by atoms with Crippen molar-refractivity contribution in [3.63, 3.8) is 0 Å². The zero-order valence-corrected chi connectivity index (χ0v) is 26.6. The lowest BCUT2D eigenvalue weighted by atomic mass is 9.83. The monoisotopic (exact) mass is 585 g/mol. The molecule has 9 heteroatoms. The number of carbonyl (C=O) groups excluding carboxylic acids is 2. The Hall–Kier alpha value is -1.87. The molecule has 1 aromatic rings. The molecule has 5 N–H and O–H groups in total. The summed E-state index contributed by atoms with van der Waals surface area (Å²) >= 11 is 0. The number of ether oxygens (including phenoxy) is 2. The summed E-state index contributed by atoms with van der Waals surface area (Å²) in [6, 6.07) is 5.10. The molecule has 0 aliphatic heterocycles. The highest BCUT2D eigenvalue weighted by Gasteiger charge is 2.29. The summed E-state index contributed by atoms with van der Waals surface area (Å²) in [7, 11) is 1.68. The van der Waals surface area contributed by atoms with Crippen LogP contribution in [0.15, 0.2) is 18.2 Å². The van der Waals surface area contributed by atoms with Crippen molar-refractivity contribution in [1.82, 2.24) is 10.6 Å². The van der Waals surface area contributed by atoms with Crippen molar-refractivity contribution in [3.05, 3.63) is 29.3 Å². The highest BCUT2D eigenvalue weighted by molar-refractivity contribution is 5.97. The van der Waals surface area contributed by atoms with E-state index in [0.29, 0.717) is 50.5 Å². The SMILES string of the molecule is CCCCNC(=O)[C@@H](C[C@H](O)[C@@H](N)C[C@H](CNC(=O)c1ccc(C)cc1OCCCCOC)C(C)C)C(C)C.Cl. The number of rotatable bonds is 20. The zero-order valence-electron chi connectivity index (χ0n) is 25.8. The van der Waals surface area contributed by atoms with E-state index in [2.05, 4.69) is 31.4 Å². The van der Waals surface area contributed by atoms with Gasteiger partial charge in [0.2, 0.25) is 5.91 Å². The number of unbranched alkanes of at least 4 members (excludes halogenated alkanes) is 2. The third kappa shape index (κ3) is 14.2. The number of hydrogen-bond acceptors (Lipinski definition) is 6. The normalized spacial score (nSPS) is 14.3. The molecule has 0 bridgehead atoms. The predicted octanol–water partition coefficient (Wildman–Crippen LogP) is 4.88. The van der Waals surface area contributed by atoms with Crippen LogP contribution < -0.4 is 21.1 Å². The number of amides is 2. The van der Waals surface area contributed by atoms with Crippen molar-refractivity contribution in [1.29, 1.82) is 0 Å². The maximum Gasteiger partial charge on any atom is 0.255 e. The van der Waals surface area contributed by atoms with Gasteiger partial charge in [0.1, 0.15) is 5.75 Å². The van der Waals surface area contributed by atoms with Gasteiger partial charge < -0.3 is 30.9 Å². The van der Waals surface area contributed by atoms with E-state index in [0.717, 1.165) is 31.2 Å². The van der Waals surface area contributed by atoms with E-state index >= 15 is 0 Å². The summed E-state index contributed by atoms with van der Waals surface area (Å²) in [5.74, 6) is 0.483. The Kier molecular flexibility index (Phi) is 19.9. The van der Waals surface area contributed by atoms with Gasteiger partial charge >= 0.3 is 0 Å². The molecule has 0 aromatic heterocycles. The molecule has 0 heterocycles. The van der Waals surface area contributed by atoms with Crippen LogP contribution in [0.4, 0.5) is 0 Å². The van der Waals surface area contributed by atoms with Crippen molar-refractivity contribution in [3.8, 4) is 5.75 Å². The molecule has 0 aliphatic carbocycles. The fourth-order valence-electron chi connectivity index (χ4n) is 4.52. The van der Waals surface area contributed by atoms with Crippen molar-refractivity contribution in [2.75, 3.05) is 33.4 Å². The molecule has 0 fully saturated rings. The van der Waals surface area contributed by atoms with Gasteiger partial charge in [-0.05, 0) is 74.5 Å². The zero-order chi connectivity index (χ0) is 29.4. The van der Waals surface area contributed by atoms with Gasteiger partial charge in [-0.25, -0.2) is 0 Å². The lowest BCUT2D eigenvalue weighted by Gasteiger charge is -2.30. The van der Waals surface area contributed by atoms with E-state index in [9.17, 15) is 14.7 Å². The molecule has 2 amide bonds. The number of nitrogens with two attached hydrogens (primary N) is 1. The molecule has 232 valence electrons. The summed E-state index contributed by atoms with van der Waals surface area (Å²) in [6.45, 7) is 14.5. The van der Waals surface area contributed by atoms with E-state index in [1.807, 2.05) is 32.9 Å². The van der Waals surface area contributed by atoms with Gasteiger partial charge in [-0.2, -0.15) is 0 Å². The van der Waals surface area contributed by atoms with Crippen LogP contribution in [0, 0.1) is 30.6 Å². The van der Waals surface area contributed by atoms with Crippen LogP contribution in [0.25, 0.3) is 0 Å². The van der Waals surface area contributed by atoms with Gasteiger partial charge in [-0.3, -0.25) is 9.59 Å². The third-order valence-corrected chi connectivity index (χ3v) is 7.39. The number of aliphatic hydroxyl groups is 1. The van der Waals surface area contributed by atoms with E-state index < -0.39 is 12.1 Å². The molecule has 4 atom stereocenters. The fraction of sp³-hybridized carbons (Fsp3) is 0.742. The van der Waals surface area contributed by atoms with Gasteiger partial charge in [0.15, 0.2) is 0 Å². The Morgan fingerprint density at radius 2 is 1.68 bits per heavy atom. The van der Waals surface area contributed by atoms with Gasteiger partial charge in [0, 0.05) is 38.8 Å². The van der Waals surface area contributed by atoms with Gasteiger partial charge in [-0.15, -0.1) is 12.4 Å². The molecule has 1 rings (SSSR count). The first kappa shape index (κ1) is 38.1. The molecule has 0 spiro atoms. The number of aliphatic hydroxyl groups excluding tert-OH is 1. The number of hydrogen-bond donors (Lipinski definition) is 4. The van der Waals surface area contributed by atoms with E-state index in [1.165, 1.54) is 0 Å². The second-order valence-electron chi connectivity index (χ2n) is 11.5. The molecule has 0 unspecified atom stereocenters. The largest absolute Gasteiger partial charge is 0.493 e. The van der Waals surface area contributed by atoms with Crippen LogP contribution in [-0.4, -0.2) is 62.5 Å². The van der Waals surface area contributed by atoms with Crippen LogP contribution >= 0.6 is 12.4 Å². The van der Waals surface area contributed by atoms with Crippen LogP contribution in [-0.2, 0) is 9.53 Å². The van der Waals surface area contributed by atoms with Crippen molar-refractivity contribution >= 4 is 24.2 Å². The minimum atomic E-state index is -0.804. The van der Waals surface area contributed by atoms with Crippen LogP contribution in [0.3, 0.4) is 0 Å². The van der Waals surface area contributed by atoms with Crippen LogP contribution in [0.5, 0.6) is 5.75 Å². The number of methoxy groups -OCH3 is 1. The summed E-state index contributed by atoms with van der Waals surface area (Å²) in [5.41, 5.74) is 7.98. The first-order chi connectivity index (χ1) is 18.5. The number of benzene rings is 1. The molecule has 1 aromatic carbocycles. The predicted molar refractivity (Wildman–Crippen MR) is 165 cm³/mol. The Bertz CT molecular complexity index is 852. The average molecular weight is 586 g/mol. The third-order valence-electron chi connectivity index (χ3n) is 7.39. The summed E-state index contributed by atoms with van der Waals surface area (Å²) in [6.07, 6.45) is 3.75. The van der Waals surface area contributed by atoms with Crippen molar-refractivity contribution in [2.24, 2.45) is 29.4 Å². The van der Waals surface area contributed by atoms with E-state index in [1.54, 1.807) is 13.2 Å². The summed E-state index contributed by atoms with van der Waals surface area (Å²) in [5, 5.41) is 17.0. The van der Waals surface area contributed by atoms with Crippen molar-refractivity contribution < 1.29 is 24.2 Å². The minimum Gasteiger partial charge on any atom is -0.493 e. The molecule has 0 radical (unpaired) electrons. The Morgan fingerprint density at radius 1 is 1.00 bits per heavy atom.